The first-order chi connectivity index (χ1) is 11.2. The van der Waals surface area contributed by atoms with E-state index in [1.54, 1.807) is 0 Å². The van der Waals surface area contributed by atoms with Crippen molar-refractivity contribution in [2.75, 3.05) is 0 Å². The Kier molecular flexibility index (Phi) is 3.73. The normalized spacial score (nSPS) is 23.9. The molecular weight excluding hydrogens is 329 g/mol. The molecule has 9 heteroatoms. The SMILES string of the molecule is O=C(O)c1ccc2c(c1)C(=O)N(C1CCC(C(F)(F)F)NC1=O)C2. The summed E-state index contributed by atoms with van der Waals surface area (Å²) in [7, 11) is 0. The number of halogens is 3. The minimum absolute atomic E-state index is 0.0609. The minimum atomic E-state index is -4.52. The molecule has 0 bridgehead atoms. The van der Waals surface area contributed by atoms with Crippen LogP contribution in [0.1, 0.15) is 39.1 Å². The predicted octanol–water partition coefficient (Wildman–Crippen LogP) is 1.55. The Balaban J connectivity index is 1.79. The lowest BCUT2D eigenvalue weighted by atomic mass is 9.98. The lowest BCUT2D eigenvalue weighted by molar-refractivity contribution is -0.170. The number of benzene rings is 1. The van der Waals surface area contributed by atoms with Gasteiger partial charge in [0, 0.05) is 12.1 Å². The fourth-order valence-electron chi connectivity index (χ4n) is 3.05. The second-order valence-corrected chi connectivity index (χ2v) is 5.81. The second kappa shape index (κ2) is 5.50. The first kappa shape index (κ1) is 16.3. The Morgan fingerprint density at radius 3 is 2.54 bits per heavy atom. The molecule has 0 spiro atoms. The molecule has 1 aromatic rings. The van der Waals surface area contributed by atoms with Crippen LogP contribution in [0.15, 0.2) is 18.2 Å². The molecule has 128 valence electrons. The van der Waals surface area contributed by atoms with Crippen molar-refractivity contribution in [2.45, 2.75) is 37.6 Å². The number of fused-ring (bicyclic) bond motifs is 1. The Morgan fingerprint density at radius 2 is 1.96 bits per heavy atom. The molecular formula is C15H13F3N2O4. The molecule has 3 rings (SSSR count). The Morgan fingerprint density at radius 1 is 1.25 bits per heavy atom. The highest BCUT2D eigenvalue weighted by atomic mass is 19.4. The van der Waals surface area contributed by atoms with Crippen LogP contribution in [0.3, 0.4) is 0 Å². The van der Waals surface area contributed by atoms with Gasteiger partial charge in [0.15, 0.2) is 0 Å². The predicted molar refractivity (Wildman–Crippen MR) is 74.3 cm³/mol. The molecule has 2 aliphatic rings. The number of carbonyl (C=O) groups is 3. The van der Waals surface area contributed by atoms with Crippen molar-refractivity contribution in [1.82, 2.24) is 10.2 Å². The summed E-state index contributed by atoms with van der Waals surface area (Å²) in [5.41, 5.74) is 0.658. The van der Waals surface area contributed by atoms with Gasteiger partial charge in [0.2, 0.25) is 5.91 Å². The molecule has 0 saturated carbocycles. The zero-order chi connectivity index (χ0) is 17.6. The fourth-order valence-corrected chi connectivity index (χ4v) is 3.05. The molecule has 2 N–H and O–H groups in total. The molecule has 0 aliphatic carbocycles. The van der Waals surface area contributed by atoms with Crippen molar-refractivity contribution >= 4 is 17.8 Å². The Hall–Kier alpha value is -2.58. The van der Waals surface area contributed by atoms with Crippen molar-refractivity contribution in [2.24, 2.45) is 0 Å². The van der Waals surface area contributed by atoms with Crippen molar-refractivity contribution in [3.05, 3.63) is 34.9 Å². The van der Waals surface area contributed by atoms with Gasteiger partial charge >= 0.3 is 12.1 Å². The molecule has 0 aromatic heterocycles. The molecule has 24 heavy (non-hydrogen) atoms. The van der Waals surface area contributed by atoms with Crippen molar-refractivity contribution < 1.29 is 32.7 Å². The number of carboxylic acids is 1. The van der Waals surface area contributed by atoms with E-state index in [2.05, 4.69) is 0 Å². The van der Waals surface area contributed by atoms with Crippen LogP contribution in [0, 0.1) is 0 Å². The monoisotopic (exact) mass is 342 g/mol. The van der Waals surface area contributed by atoms with Gasteiger partial charge in [-0.3, -0.25) is 9.59 Å². The van der Waals surface area contributed by atoms with Gasteiger partial charge in [-0.25, -0.2) is 4.79 Å². The number of nitrogens with zero attached hydrogens (tertiary/aromatic N) is 1. The molecule has 2 amide bonds. The molecule has 2 unspecified atom stereocenters. The summed E-state index contributed by atoms with van der Waals surface area (Å²) in [4.78, 5) is 36.6. The number of nitrogens with one attached hydrogen (secondary N) is 1. The van der Waals surface area contributed by atoms with Crippen LogP contribution in [-0.2, 0) is 11.3 Å². The van der Waals surface area contributed by atoms with E-state index in [1.165, 1.54) is 23.1 Å². The van der Waals surface area contributed by atoms with Crippen molar-refractivity contribution in [3.63, 3.8) is 0 Å². The van der Waals surface area contributed by atoms with Gasteiger partial charge < -0.3 is 15.3 Å². The third kappa shape index (κ3) is 2.70. The Bertz CT molecular complexity index is 732. The molecule has 6 nitrogen and oxygen atoms in total. The molecule has 2 aliphatic heterocycles. The second-order valence-electron chi connectivity index (χ2n) is 5.81. The van der Waals surface area contributed by atoms with Gasteiger partial charge in [0.05, 0.1) is 5.56 Å². The number of carboxylic acid groups (broad SMARTS) is 1. The van der Waals surface area contributed by atoms with E-state index < -0.39 is 36.0 Å². The lowest BCUT2D eigenvalue weighted by Crippen LogP contribution is -2.58. The largest absolute Gasteiger partial charge is 0.478 e. The van der Waals surface area contributed by atoms with Crippen LogP contribution >= 0.6 is 0 Å². The quantitative estimate of drug-likeness (QED) is 0.854. The summed E-state index contributed by atoms with van der Waals surface area (Å²) in [5.74, 6) is -2.57. The van der Waals surface area contributed by atoms with Crippen molar-refractivity contribution in [3.8, 4) is 0 Å². The van der Waals surface area contributed by atoms with E-state index in [4.69, 9.17) is 5.11 Å². The number of hydrogen-bond donors (Lipinski definition) is 2. The van der Waals surface area contributed by atoms with Gasteiger partial charge in [0.25, 0.3) is 5.91 Å². The number of amides is 2. The third-order valence-electron chi connectivity index (χ3n) is 4.31. The van der Waals surface area contributed by atoms with Crippen LogP contribution in [0.2, 0.25) is 0 Å². The van der Waals surface area contributed by atoms with E-state index in [0.717, 1.165) is 0 Å². The van der Waals surface area contributed by atoms with Gasteiger partial charge in [0.1, 0.15) is 12.1 Å². The summed E-state index contributed by atoms with van der Waals surface area (Å²) >= 11 is 0. The van der Waals surface area contributed by atoms with Crippen LogP contribution in [-0.4, -0.2) is 46.1 Å². The first-order valence-corrected chi connectivity index (χ1v) is 7.23. The standard InChI is InChI=1S/C15H13F3N2O4/c16-15(17,18)11-4-3-10(12(21)19-11)20-6-8-2-1-7(14(23)24)5-9(8)13(20)22/h1-2,5,10-11H,3-4,6H2,(H,19,21)(H,23,24). The highest BCUT2D eigenvalue weighted by molar-refractivity contribution is 6.03. The third-order valence-corrected chi connectivity index (χ3v) is 4.31. The average Bonchev–Trinajstić information content (AvgIpc) is 2.82. The zero-order valence-corrected chi connectivity index (χ0v) is 12.3. The maximum Gasteiger partial charge on any atom is 0.408 e. The molecule has 1 saturated heterocycles. The number of piperidine rings is 1. The van der Waals surface area contributed by atoms with Crippen LogP contribution < -0.4 is 5.32 Å². The summed E-state index contributed by atoms with van der Waals surface area (Å²) in [6.45, 7) is 0.0723. The summed E-state index contributed by atoms with van der Waals surface area (Å²) < 4.78 is 38.0. The first-order valence-electron chi connectivity index (χ1n) is 7.23. The van der Waals surface area contributed by atoms with Gasteiger partial charge in [-0.15, -0.1) is 0 Å². The Labute approximate surface area is 134 Å². The van der Waals surface area contributed by atoms with Crippen LogP contribution in [0.25, 0.3) is 0 Å². The molecule has 1 aromatic carbocycles. The molecule has 2 atom stereocenters. The van der Waals surface area contributed by atoms with E-state index >= 15 is 0 Å². The lowest BCUT2D eigenvalue weighted by Gasteiger charge is -2.34. The summed E-state index contributed by atoms with van der Waals surface area (Å²) in [6.07, 6.45) is -4.92. The van der Waals surface area contributed by atoms with E-state index in [-0.39, 0.29) is 30.5 Å². The average molecular weight is 342 g/mol. The number of carbonyl (C=O) groups excluding carboxylic acids is 2. The number of rotatable bonds is 2. The van der Waals surface area contributed by atoms with Gasteiger partial charge in [-0.05, 0) is 30.5 Å². The van der Waals surface area contributed by atoms with Crippen LogP contribution in [0.4, 0.5) is 13.2 Å². The van der Waals surface area contributed by atoms with E-state index in [1.807, 2.05) is 5.32 Å². The van der Waals surface area contributed by atoms with E-state index in [0.29, 0.717) is 5.56 Å². The van der Waals surface area contributed by atoms with Gasteiger partial charge in [-0.1, -0.05) is 6.07 Å². The van der Waals surface area contributed by atoms with Gasteiger partial charge in [-0.2, -0.15) is 13.2 Å². The van der Waals surface area contributed by atoms with Crippen LogP contribution in [0.5, 0.6) is 0 Å². The maximum absolute atomic E-state index is 12.7. The molecule has 2 heterocycles. The summed E-state index contributed by atoms with van der Waals surface area (Å²) in [5, 5.41) is 10.9. The number of aromatic carboxylic acids is 1. The maximum atomic E-state index is 12.7. The van der Waals surface area contributed by atoms with E-state index in [9.17, 15) is 27.6 Å². The highest BCUT2D eigenvalue weighted by Crippen LogP contribution is 2.32. The molecule has 1 fully saturated rings. The number of alkyl halides is 3. The fraction of sp³-hybridized carbons (Fsp3) is 0.400. The minimum Gasteiger partial charge on any atom is -0.478 e. The van der Waals surface area contributed by atoms with Crippen molar-refractivity contribution in [1.29, 1.82) is 0 Å². The summed E-state index contributed by atoms with van der Waals surface area (Å²) in [6, 6.07) is 1.16. The zero-order valence-electron chi connectivity index (χ0n) is 12.3. The smallest absolute Gasteiger partial charge is 0.408 e. The number of hydrogen-bond acceptors (Lipinski definition) is 3. The molecule has 0 radical (unpaired) electrons. The highest BCUT2D eigenvalue weighted by Gasteiger charge is 2.47. The topological polar surface area (TPSA) is 86.7 Å².